The van der Waals surface area contributed by atoms with Crippen LogP contribution in [0.25, 0.3) is 60.9 Å². The maximum absolute atomic E-state index is 13.4. The highest BCUT2D eigenvalue weighted by molar-refractivity contribution is 6.10. The summed E-state index contributed by atoms with van der Waals surface area (Å²) in [6.07, 6.45) is -4.42. The molecular weight excluding hydrogens is 705 g/mol. The third-order valence-electron chi connectivity index (χ3n) is 10.3. The second-order valence-corrected chi connectivity index (χ2v) is 13.8. The maximum Gasteiger partial charge on any atom is 0.416 e. The van der Waals surface area contributed by atoms with E-state index in [1.54, 1.807) is 12.1 Å². The molecule has 0 amide bonds. The summed E-state index contributed by atoms with van der Waals surface area (Å²) in [5.41, 5.74) is 11.3. The van der Waals surface area contributed by atoms with E-state index in [0.29, 0.717) is 11.1 Å². The van der Waals surface area contributed by atoms with E-state index >= 15 is 0 Å². The number of anilines is 3. The number of rotatable bonds is 8. The maximum atomic E-state index is 13.4. The number of alkyl halides is 4. The van der Waals surface area contributed by atoms with Crippen LogP contribution < -0.4 is 4.90 Å². The summed E-state index contributed by atoms with van der Waals surface area (Å²) < 4.78 is 55.9. The third-order valence-corrected chi connectivity index (χ3v) is 10.3. The molecular formula is C50H34F4N2. The average molecular weight is 739 g/mol. The van der Waals surface area contributed by atoms with Crippen molar-refractivity contribution in [1.82, 2.24) is 4.57 Å². The molecule has 56 heavy (non-hydrogen) atoms. The van der Waals surface area contributed by atoms with Crippen molar-refractivity contribution in [3.05, 3.63) is 205 Å². The molecule has 1 aromatic heterocycles. The van der Waals surface area contributed by atoms with Crippen molar-refractivity contribution in [3.8, 4) is 39.1 Å². The molecule has 0 fully saturated rings. The standard InChI is InChI=1S/C50H34F4N2/c51-33-34-15-17-35(18-16-34)38-29-39(36-19-23-41(24-20-36)50(52,53)54)31-40(30-38)37-21-25-44(26-22-37)56-48-14-8-7-13-46(48)47-32-45(27-28-49(47)56)55(42-9-3-1-4-10-42)43-11-5-2-6-12-43/h1-32H,33H2. The molecule has 0 unspecified atom stereocenters. The van der Waals surface area contributed by atoms with Crippen molar-refractivity contribution >= 4 is 38.9 Å². The van der Waals surface area contributed by atoms with Gasteiger partial charge in [0, 0.05) is 33.5 Å². The normalized spacial score (nSPS) is 11.6. The number of benzene rings is 8. The topological polar surface area (TPSA) is 8.17 Å². The smallest absolute Gasteiger partial charge is 0.310 e. The van der Waals surface area contributed by atoms with Crippen LogP contribution in [0, 0.1) is 0 Å². The van der Waals surface area contributed by atoms with Gasteiger partial charge in [-0.05, 0) is 130 Å². The van der Waals surface area contributed by atoms with Crippen LogP contribution in [0.4, 0.5) is 34.6 Å². The van der Waals surface area contributed by atoms with Crippen molar-refractivity contribution < 1.29 is 17.6 Å². The van der Waals surface area contributed by atoms with Gasteiger partial charge in [-0.2, -0.15) is 13.2 Å². The number of hydrogen-bond donors (Lipinski definition) is 0. The Morgan fingerprint density at radius 3 is 1.43 bits per heavy atom. The highest BCUT2D eigenvalue weighted by Crippen LogP contribution is 2.40. The zero-order valence-corrected chi connectivity index (χ0v) is 30.1. The lowest BCUT2D eigenvalue weighted by atomic mass is 9.92. The fourth-order valence-corrected chi connectivity index (χ4v) is 7.55. The first kappa shape index (κ1) is 34.8. The fourth-order valence-electron chi connectivity index (χ4n) is 7.55. The number of halogens is 4. The molecule has 0 radical (unpaired) electrons. The Morgan fingerprint density at radius 2 is 0.893 bits per heavy atom. The molecule has 0 aliphatic rings. The molecule has 9 rings (SSSR count). The summed E-state index contributed by atoms with van der Waals surface area (Å²) in [4.78, 5) is 2.27. The van der Waals surface area contributed by atoms with Crippen LogP contribution in [-0.4, -0.2) is 4.57 Å². The lowest BCUT2D eigenvalue weighted by molar-refractivity contribution is -0.137. The number of para-hydroxylation sites is 3. The largest absolute Gasteiger partial charge is 0.416 e. The molecule has 2 nitrogen and oxygen atoms in total. The highest BCUT2D eigenvalue weighted by Gasteiger charge is 2.30. The van der Waals surface area contributed by atoms with Gasteiger partial charge in [0.1, 0.15) is 6.67 Å². The second kappa shape index (κ2) is 14.4. The fraction of sp³-hybridized carbons (Fsp3) is 0.0400. The lowest BCUT2D eigenvalue weighted by Gasteiger charge is -2.25. The van der Waals surface area contributed by atoms with Crippen LogP contribution in [0.2, 0.25) is 0 Å². The minimum Gasteiger partial charge on any atom is -0.310 e. The van der Waals surface area contributed by atoms with Gasteiger partial charge in [0.15, 0.2) is 0 Å². The van der Waals surface area contributed by atoms with Gasteiger partial charge in [0.05, 0.1) is 16.6 Å². The van der Waals surface area contributed by atoms with Crippen LogP contribution in [0.1, 0.15) is 11.1 Å². The number of aromatic nitrogens is 1. The van der Waals surface area contributed by atoms with Gasteiger partial charge >= 0.3 is 6.18 Å². The summed E-state index contributed by atoms with van der Waals surface area (Å²) in [6.45, 7) is -0.559. The van der Waals surface area contributed by atoms with E-state index in [0.717, 1.165) is 84.5 Å². The van der Waals surface area contributed by atoms with Gasteiger partial charge in [0.2, 0.25) is 0 Å². The van der Waals surface area contributed by atoms with Crippen molar-refractivity contribution in [1.29, 1.82) is 0 Å². The Hall–Kier alpha value is -6.92. The highest BCUT2D eigenvalue weighted by atomic mass is 19.4. The summed E-state index contributed by atoms with van der Waals surface area (Å²) in [5.74, 6) is 0. The molecule has 9 aromatic rings. The molecule has 0 bridgehead atoms. The van der Waals surface area contributed by atoms with Gasteiger partial charge in [-0.25, -0.2) is 4.39 Å². The Labute approximate surface area is 322 Å². The van der Waals surface area contributed by atoms with E-state index in [2.05, 4.69) is 131 Å². The average Bonchev–Trinajstić information content (AvgIpc) is 3.58. The Bertz CT molecular complexity index is 2750. The Balaban J connectivity index is 1.13. The molecule has 1 heterocycles. The third kappa shape index (κ3) is 6.60. The van der Waals surface area contributed by atoms with Crippen LogP contribution in [0.15, 0.2) is 194 Å². The molecule has 6 heteroatoms. The van der Waals surface area contributed by atoms with Crippen molar-refractivity contribution in [3.63, 3.8) is 0 Å². The van der Waals surface area contributed by atoms with Crippen LogP contribution in [0.3, 0.4) is 0 Å². The predicted molar refractivity (Wildman–Crippen MR) is 222 cm³/mol. The molecule has 272 valence electrons. The molecule has 0 atom stereocenters. The van der Waals surface area contributed by atoms with E-state index in [9.17, 15) is 17.6 Å². The van der Waals surface area contributed by atoms with E-state index in [4.69, 9.17) is 0 Å². The van der Waals surface area contributed by atoms with Gasteiger partial charge in [-0.1, -0.05) is 103 Å². The molecule has 0 saturated carbocycles. The molecule has 0 aliphatic heterocycles. The number of nitrogens with zero attached hydrogens (tertiary/aromatic N) is 2. The first-order valence-corrected chi connectivity index (χ1v) is 18.4. The quantitative estimate of drug-likeness (QED) is 0.141. The van der Waals surface area contributed by atoms with E-state index < -0.39 is 18.4 Å². The van der Waals surface area contributed by atoms with Gasteiger partial charge in [0.25, 0.3) is 0 Å². The summed E-state index contributed by atoms with van der Waals surface area (Å²) in [5, 5.41) is 2.27. The summed E-state index contributed by atoms with van der Waals surface area (Å²) in [6, 6.07) is 62.7. The molecule has 0 aliphatic carbocycles. The van der Waals surface area contributed by atoms with Gasteiger partial charge in [-0.3, -0.25) is 0 Å². The molecule has 8 aromatic carbocycles. The zero-order valence-electron chi connectivity index (χ0n) is 30.1. The predicted octanol–water partition coefficient (Wildman–Crippen LogP) is 14.7. The number of hydrogen-bond acceptors (Lipinski definition) is 1. The molecule has 0 saturated heterocycles. The monoisotopic (exact) mass is 738 g/mol. The lowest BCUT2D eigenvalue weighted by Crippen LogP contribution is -2.09. The SMILES string of the molecule is FCc1ccc(-c2cc(-c3ccc(-n4c5ccccc5c5cc(N(c6ccccc6)c6ccccc6)ccc54)cc3)cc(-c3ccc(C(F)(F)F)cc3)c2)cc1. The van der Waals surface area contributed by atoms with E-state index in [1.807, 2.05) is 36.4 Å². The molecule has 0 N–H and O–H groups in total. The van der Waals surface area contributed by atoms with Crippen LogP contribution >= 0.6 is 0 Å². The van der Waals surface area contributed by atoms with Crippen LogP contribution in [-0.2, 0) is 12.9 Å². The first-order chi connectivity index (χ1) is 27.3. The summed E-state index contributed by atoms with van der Waals surface area (Å²) >= 11 is 0. The summed E-state index contributed by atoms with van der Waals surface area (Å²) in [7, 11) is 0. The minimum absolute atomic E-state index is 0.559. The first-order valence-electron chi connectivity index (χ1n) is 18.4. The second-order valence-electron chi connectivity index (χ2n) is 13.8. The zero-order chi connectivity index (χ0) is 38.2. The Kier molecular flexibility index (Phi) is 8.94. The van der Waals surface area contributed by atoms with Gasteiger partial charge in [-0.15, -0.1) is 0 Å². The molecule has 0 spiro atoms. The van der Waals surface area contributed by atoms with E-state index in [-0.39, 0.29) is 0 Å². The van der Waals surface area contributed by atoms with Crippen LogP contribution in [0.5, 0.6) is 0 Å². The minimum atomic E-state index is -4.42. The van der Waals surface area contributed by atoms with Crippen molar-refractivity contribution in [2.24, 2.45) is 0 Å². The Morgan fingerprint density at radius 1 is 0.411 bits per heavy atom. The number of fused-ring (bicyclic) bond motifs is 3. The van der Waals surface area contributed by atoms with Crippen molar-refractivity contribution in [2.75, 3.05) is 4.90 Å². The van der Waals surface area contributed by atoms with Gasteiger partial charge < -0.3 is 9.47 Å². The van der Waals surface area contributed by atoms with E-state index in [1.165, 1.54) is 12.1 Å². The van der Waals surface area contributed by atoms with Crippen molar-refractivity contribution in [2.45, 2.75) is 12.9 Å².